The quantitative estimate of drug-likeness (QED) is 0.475. The van der Waals surface area contributed by atoms with Crippen molar-refractivity contribution in [3.8, 4) is 0 Å². The second-order valence-electron chi connectivity index (χ2n) is 0.935. The van der Waals surface area contributed by atoms with Gasteiger partial charge in [0.05, 0.1) is 0 Å². The first-order valence-corrected chi connectivity index (χ1v) is 2.93. The molecule has 3 N–H and O–H groups in total. The second-order valence-corrected chi connectivity index (χ2v) is 2.15. The van der Waals surface area contributed by atoms with Crippen LogP contribution in [0.25, 0.3) is 0 Å². The number of rotatable bonds is 1. The Kier molecular flexibility index (Phi) is 1.77. The van der Waals surface area contributed by atoms with Gasteiger partial charge in [0, 0.05) is 0 Å². The van der Waals surface area contributed by atoms with Crippen LogP contribution in [0.15, 0.2) is 0 Å². The highest BCUT2D eigenvalue weighted by Gasteiger charge is 2.03. The van der Waals surface area contributed by atoms with Crippen LogP contribution in [0, 0.1) is 0 Å². The second kappa shape index (κ2) is 1.97. The summed E-state index contributed by atoms with van der Waals surface area (Å²) in [6.45, 7) is 0. The van der Waals surface area contributed by atoms with Gasteiger partial charge in [0.25, 0.3) is 0 Å². The predicted molar refractivity (Wildman–Crippen MR) is 23.6 cm³/mol. The first-order valence-electron chi connectivity index (χ1n) is 1.45. The van der Waals surface area contributed by atoms with Gasteiger partial charge in [-0.2, -0.15) is 8.42 Å². The Hall–Kier alpha value is -0.820. The zero-order chi connectivity index (χ0) is 6.78. The van der Waals surface area contributed by atoms with Crippen molar-refractivity contribution in [1.82, 2.24) is 15.6 Å². The first kappa shape index (κ1) is 7.18. The monoisotopic (exact) mass is 137 g/mol. The molecule has 0 aliphatic rings. The summed E-state index contributed by atoms with van der Waals surface area (Å²) in [5, 5.41) is 5.98. The normalized spacial score (nSPS) is 10.6. The van der Waals surface area contributed by atoms with Crippen LogP contribution in [0.4, 0.5) is 4.79 Å². The number of urea groups is 1. The molecule has 0 atom stereocenters. The molecule has 0 fully saturated rings. The molecule has 7 heteroatoms. The van der Waals surface area contributed by atoms with E-state index in [4.69, 9.17) is 10.9 Å². The van der Waals surface area contributed by atoms with Crippen LogP contribution in [0.5, 0.6) is 0 Å². The van der Waals surface area contributed by atoms with Gasteiger partial charge in [-0.05, 0) is 0 Å². The molecule has 2 radical (unpaired) electrons. The maximum atomic E-state index is 9.66. The average Bonchev–Trinajstić information content (AvgIpc) is 1.21. The van der Waals surface area contributed by atoms with E-state index in [9.17, 15) is 13.2 Å². The van der Waals surface area contributed by atoms with Crippen LogP contribution in [0.2, 0.25) is 0 Å². The summed E-state index contributed by atoms with van der Waals surface area (Å²) in [6, 6.07) is -1.50. The molecular formula is CH3N3O3S. The topological polar surface area (TPSA) is 111 Å². The minimum absolute atomic E-state index is 1.05. The Bertz CT molecular complexity index is 181. The van der Waals surface area contributed by atoms with Gasteiger partial charge in [0.1, 0.15) is 0 Å². The summed E-state index contributed by atoms with van der Waals surface area (Å²) in [5.74, 6) is 0. The highest BCUT2D eigenvalue weighted by Crippen LogP contribution is 1.67. The van der Waals surface area contributed by atoms with E-state index in [0.29, 0.717) is 0 Å². The molecule has 0 aromatic rings. The van der Waals surface area contributed by atoms with Crippen LogP contribution in [-0.4, -0.2) is 14.4 Å². The number of hydrogen-bond acceptors (Lipinski definition) is 3. The minimum atomic E-state index is -4.26. The molecule has 0 spiro atoms. The molecule has 46 valence electrons. The molecule has 0 unspecified atom stereocenters. The number of carbonyl (C=O) groups is 1. The van der Waals surface area contributed by atoms with Crippen molar-refractivity contribution in [3.63, 3.8) is 0 Å². The summed E-state index contributed by atoms with van der Waals surface area (Å²) >= 11 is 0. The Morgan fingerprint density at radius 1 is 1.50 bits per heavy atom. The molecule has 0 saturated heterocycles. The smallest absolute Gasteiger partial charge is 0.247 e. The lowest BCUT2D eigenvalue weighted by molar-refractivity contribution is 0.252. The lowest BCUT2D eigenvalue weighted by Gasteiger charge is -1.90. The van der Waals surface area contributed by atoms with Crippen molar-refractivity contribution >= 4 is 16.2 Å². The van der Waals surface area contributed by atoms with Crippen molar-refractivity contribution in [2.75, 3.05) is 0 Å². The molecule has 0 saturated carbocycles. The molecule has 2 amide bonds. The van der Waals surface area contributed by atoms with Crippen LogP contribution in [0.1, 0.15) is 0 Å². The molecule has 0 bridgehead atoms. The van der Waals surface area contributed by atoms with Gasteiger partial charge in [-0.3, -0.25) is 0 Å². The first-order chi connectivity index (χ1) is 3.42. The van der Waals surface area contributed by atoms with E-state index in [-0.39, 0.29) is 0 Å². The van der Waals surface area contributed by atoms with Crippen LogP contribution in [0.3, 0.4) is 0 Å². The maximum Gasteiger partial charge on any atom is 0.348 e. The average molecular weight is 137 g/mol. The van der Waals surface area contributed by atoms with E-state index in [1.54, 1.807) is 0 Å². The third kappa shape index (κ3) is 5.18. The van der Waals surface area contributed by atoms with E-state index >= 15 is 0 Å². The van der Waals surface area contributed by atoms with Crippen LogP contribution >= 0.6 is 0 Å². The molecule has 0 aliphatic carbocycles. The Balaban J connectivity index is 3.95. The van der Waals surface area contributed by atoms with Crippen LogP contribution < -0.4 is 15.6 Å². The van der Waals surface area contributed by atoms with Gasteiger partial charge in [0.15, 0.2) is 0 Å². The van der Waals surface area contributed by atoms with E-state index in [2.05, 4.69) is 0 Å². The highest BCUT2D eigenvalue weighted by molar-refractivity contribution is 7.87. The lowest BCUT2D eigenvalue weighted by Crippen LogP contribution is -2.30. The third-order valence-electron chi connectivity index (χ3n) is 0.227. The van der Waals surface area contributed by atoms with E-state index in [0.717, 1.165) is 4.72 Å². The molecular weight excluding hydrogens is 134 g/mol. The summed E-state index contributed by atoms with van der Waals surface area (Å²) in [4.78, 5) is 9.52. The SMILES string of the molecule is [NH]C(=O)NS([NH])(=O)=O. The summed E-state index contributed by atoms with van der Waals surface area (Å²) < 4.78 is 20.4. The fourth-order valence-corrected chi connectivity index (χ4v) is 0.366. The fraction of sp³-hybridized carbons (Fsp3) is 0. The van der Waals surface area contributed by atoms with E-state index in [1.165, 1.54) is 0 Å². The Labute approximate surface area is 46.0 Å². The maximum absolute atomic E-state index is 9.66. The summed E-state index contributed by atoms with van der Waals surface area (Å²) in [7, 11) is -4.26. The van der Waals surface area contributed by atoms with E-state index < -0.39 is 16.2 Å². The van der Waals surface area contributed by atoms with Gasteiger partial charge in [-0.25, -0.2) is 15.3 Å². The summed E-state index contributed by atoms with van der Waals surface area (Å²) in [6.07, 6.45) is 0. The number of nitrogens with one attached hydrogen (secondary N) is 3. The van der Waals surface area contributed by atoms with E-state index in [1.807, 2.05) is 0 Å². The number of hydrogen-bond donors (Lipinski definition) is 1. The van der Waals surface area contributed by atoms with Gasteiger partial charge >= 0.3 is 16.2 Å². The van der Waals surface area contributed by atoms with Gasteiger partial charge in [-0.15, -0.1) is 5.14 Å². The molecule has 6 nitrogen and oxygen atoms in total. The number of carbonyl (C=O) groups excluding carboxylic acids is 1. The molecule has 8 heavy (non-hydrogen) atoms. The number of amides is 2. The largest absolute Gasteiger partial charge is 0.348 e. The minimum Gasteiger partial charge on any atom is -0.247 e. The Morgan fingerprint density at radius 3 is 1.88 bits per heavy atom. The van der Waals surface area contributed by atoms with Crippen molar-refractivity contribution in [2.24, 2.45) is 0 Å². The zero-order valence-electron chi connectivity index (χ0n) is 3.63. The third-order valence-corrected chi connectivity index (χ3v) is 0.681. The van der Waals surface area contributed by atoms with Crippen LogP contribution in [-0.2, 0) is 10.2 Å². The fourth-order valence-electron chi connectivity index (χ4n) is 0.122. The molecule has 0 heterocycles. The standard InChI is InChI=1S/CH3N3O3S/c2-1(5)4-8(3,6)7/h2-3H,(H,4,5). The molecule has 0 aliphatic heterocycles. The van der Waals surface area contributed by atoms with Gasteiger partial charge in [0.2, 0.25) is 0 Å². The zero-order valence-corrected chi connectivity index (χ0v) is 4.45. The van der Waals surface area contributed by atoms with Gasteiger partial charge in [-0.1, -0.05) is 0 Å². The van der Waals surface area contributed by atoms with Gasteiger partial charge < -0.3 is 0 Å². The molecule has 0 aromatic carbocycles. The van der Waals surface area contributed by atoms with Crippen molar-refractivity contribution in [3.05, 3.63) is 0 Å². The molecule has 0 aromatic heterocycles. The van der Waals surface area contributed by atoms with Crippen molar-refractivity contribution < 1.29 is 13.2 Å². The lowest BCUT2D eigenvalue weighted by atomic mass is 11.2. The highest BCUT2D eigenvalue weighted by atomic mass is 32.2. The summed E-state index contributed by atoms with van der Waals surface area (Å²) in [5.41, 5.74) is 5.98. The predicted octanol–water partition coefficient (Wildman–Crippen LogP) is -1.49. The Morgan fingerprint density at radius 2 is 1.88 bits per heavy atom. The molecule has 0 rings (SSSR count). The van der Waals surface area contributed by atoms with Crippen molar-refractivity contribution in [2.45, 2.75) is 0 Å². The van der Waals surface area contributed by atoms with Crippen molar-refractivity contribution in [1.29, 1.82) is 0 Å².